The van der Waals surface area contributed by atoms with E-state index in [1.54, 1.807) is 0 Å². The molecule has 0 atom stereocenters. The maximum absolute atomic E-state index is 5.60. The van der Waals surface area contributed by atoms with E-state index >= 15 is 0 Å². The van der Waals surface area contributed by atoms with E-state index in [2.05, 4.69) is 120 Å². The van der Waals surface area contributed by atoms with Gasteiger partial charge < -0.3 is 5.32 Å². The van der Waals surface area contributed by atoms with Crippen molar-refractivity contribution in [3.63, 3.8) is 0 Å². The lowest BCUT2D eigenvalue weighted by Gasteiger charge is -2.35. The minimum Gasteiger partial charge on any atom is -0.359 e. The quantitative estimate of drug-likeness (QED) is 0.197. The summed E-state index contributed by atoms with van der Waals surface area (Å²) in [5, 5.41) is 3.56. The molecule has 1 nitrogen and oxygen atoms in total. The van der Waals surface area contributed by atoms with Crippen LogP contribution in [0.3, 0.4) is 0 Å². The summed E-state index contributed by atoms with van der Waals surface area (Å²) in [5.74, 6) is 3.54. The summed E-state index contributed by atoms with van der Waals surface area (Å²) in [6.45, 7) is 23.0. The number of terminal acetylenes is 1. The van der Waals surface area contributed by atoms with Crippen LogP contribution in [0.15, 0.2) is 115 Å². The Balaban J connectivity index is 0.000000448. The molecule has 4 rings (SSSR count). The molecule has 0 saturated heterocycles. The molecule has 0 spiro atoms. The van der Waals surface area contributed by atoms with Crippen molar-refractivity contribution < 1.29 is 0 Å². The van der Waals surface area contributed by atoms with Crippen LogP contribution in [-0.4, -0.2) is 0 Å². The van der Waals surface area contributed by atoms with Gasteiger partial charge in [-0.1, -0.05) is 114 Å². The zero-order valence-corrected chi connectivity index (χ0v) is 27.9. The average molecular weight is 584 g/mol. The molecule has 1 heteroatoms. The molecule has 0 amide bonds. The van der Waals surface area contributed by atoms with E-state index in [-0.39, 0.29) is 5.41 Å². The molecular formula is C43H53N. The first kappa shape index (κ1) is 34.5. The second kappa shape index (κ2) is 16.7. The molecule has 0 bridgehead atoms. The van der Waals surface area contributed by atoms with Gasteiger partial charge in [0.15, 0.2) is 0 Å². The number of anilines is 1. The van der Waals surface area contributed by atoms with Crippen LogP contribution in [0.4, 0.5) is 5.69 Å². The van der Waals surface area contributed by atoms with Crippen molar-refractivity contribution in [1.82, 2.24) is 0 Å². The normalized spacial score (nSPS) is 13.1. The predicted molar refractivity (Wildman–Crippen MR) is 195 cm³/mol. The van der Waals surface area contributed by atoms with Gasteiger partial charge in [-0.05, 0) is 127 Å². The van der Waals surface area contributed by atoms with Crippen LogP contribution in [0, 0.1) is 32.1 Å². The van der Waals surface area contributed by atoms with Crippen molar-refractivity contribution in [2.24, 2.45) is 5.92 Å². The second-order valence-corrected chi connectivity index (χ2v) is 12.7. The van der Waals surface area contributed by atoms with E-state index in [0.29, 0.717) is 0 Å². The van der Waals surface area contributed by atoms with Gasteiger partial charge >= 0.3 is 0 Å². The molecule has 0 saturated carbocycles. The smallest absolute Gasteiger partial charge is 0.0386 e. The van der Waals surface area contributed by atoms with Gasteiger partial charge in [0.25, 0.3) is 0 Å². The summed E-state index contributed by atoms with van der Waals surface area (Å²) in [4.78, 5) is 0. The molecule has 0 radical (unpaired) electrons. The Labute approximate surface area is 268 Å². The van der Waals surface area contributed by atoms with Crippen molar-refractivity contribution in [3.05, 3.63) is 138 Å². The zero-order chi connectivity index (χ0) is 32.1. The third kappa shape index (κ3) is 9.49. The first-order chi connectivity index (χ1) is 21.2. The van der Waals surface area contributed by atoms with Gasteiger partial charge in [-0.15, -0.1) is 6.42 Å². The summed E-state index contributed by atoms with van der Waals surface area (Å²) >= 11 is 0. The van der Waals surface area contributed by atoms with E-state index < -0.39 is 0 Å². The molecule has 0 heterocycles. The highest BCUT2D eigenvalue weighted by Crippen LogP contribution is 2.40. The fourth-order valence-corrected chi connectivity index (χ4v) is 6.79. The Bertz CT molecular complexity index is 1440. The lowest BCUT2D eigenvalue weighted by Crippen LogP contribution is -2.26. The van der Waals surface area contributed by atoms with Crippen molar-refractivity contribution in [2.45, 2.75) is 91.4 Å². The number of hydrogen-bond donors (Lipinski definition) is 1. The molecule has 0 aromatic heterocycles. The van der Waals surface area contributed by atoms with Crippen molar-refractivity contribution in [3.8, 4) is 23.5 Å². The fourth-order valence-electron chi connectivity index (χ4n) is 6.79. The maximum atomic E-state index is 5.60. The average Bonchev–Trinajstić information content (AvgIpc) is 3.39. The molecule has 0 fully saturated rings. The molecule has 230 valence electrons. The second-order valence-electron chi connectivity index (χ2n) is 12.7. The number of hydrogen-bond acceptors (Lipinski definition) is 1. The van der Waals surface area contributed by atoms with Gasteiger partial charge in [-0.25, -0.2) is 0 Å². The van der Waals surface area contributed by atoms with Crippen LogP contribution < -0.4 is 5.32 Å². The number of aryl methyl sites for hydroxylation is 2. The third-order valence-electron chi connectivity index (χ3n) is 8.81. The molecule has 0 aliphatic heterocycles. The molecule has 3 aromatic rings. The van der Waals surface area contributed by atoms with E-state index in [1.807, 2.05) is 24.3 Å². The molecule has 3 aromatic carbocycles. The van der Waals surface area contributed by atoms with E-state index in [1.165, 1.54) is 77.5 Å². The SMILES string of the molecule is C#Cc1cccc(-c2ccc(C(CCC)(CCC)CCC(=C)Nc3cc(C)cc(C)c3)cc2)c1.C=CC1=C(C=C)CC(C)C1. The standard InChI is InChI=1S/C33H39N.C10H14/c1-7-18-33(19-8-2,20-17-27(6)34-32-22-25(4)21-26(5)23-32)31-15-13-29(14-16-31)30-12-10-11-28(9-3)24-30;1-4-9-6-8(3)7-10(9)5-2/h3,10-16,21-24,34H,6-8,17-20H2,1-2,4-5H3;4-5,8H,1-2,6-7H2,3H3. The van der Waals surface area contributed by atoms with E-state index in [0.717, 1.165) is 35.7 Å². The highest BCUT2D eigenvalue weighted by molar-refractivity contribution is 5.66. The monoisotopic (exact) mass is 583 g/mol. The minimum absolute atomic E-state index is 0.163. The van der Waals surface area contributed by atoms with Gasteiger partial charge in [0, 0.05) is 16.9 Å². The summed E-state index contributed by atoms with van der Waals surface area (Å²) < 4.78 is 0. The first-order valence-corrected chi connectivity index (χ1v) is 16.3. The Morgan fingerprint density at radius 2 is 1.45 bits per heavy atom. The summed E-state index contributed by atoms with van der Waals surface area (Å²) in [5.41, 5.74) is 12.5. The van der Waals surface area contributed by atoms with Gasteiger partial charge in [0.2, 0.25) is 0 Å². The topological polar surface area (TPSA) is 12.0 Å². The first-order valence-electron chi connectivity index (χ1n) is 16.3. The molecule has 1 aliphatic carbocycles. The molecule has 0 unspecified atom stereocenters. The molecule has 1 N–H and O–H groups in total. The summed E-state index contributed by atoms with van der Waals surface area (Å²) in [6, 6.07) is 24.0. The van der Waals surface area contributed by atoms with E-state index in [9.17, 15) is 0 Å². The van der Waals surface area contributed by atoms with Crippen molar-refractivity contribution in [2.75, 3.05) is 5.32 Å². The number of allylic oxidation sites excluding steroid dienone is 5. The largest absolute Gasteiger partial charge is 0.359 e. The van der Waals surface area contributed by atoms with Crippen LogP contribution in [0.2, 0.25) is 0 Å². The van der Waals surface area contributed by atoms with Gasteiger partial charge in [0.05, 0.1) is 0 Å². The highest BCUT2D eigenvalue weighted by atomic mass is 14.9. The van der Waals surface area contributed by atoms with Gasteiger partial charge in [0.1, 0.15) is 0 Å². The highest BCUT2D eigenvalue weighted by Gasteiger charge is 2.30. The lowest BCUT2D eigenvalue weighted by molar-refractivity contribution is 0.330. The van der Waals surface area contributed by atoms with Crippen molar-refractivity contribution in [1.29, 1.82) is 0 Å². The molecule has 44 heavy (non-hydrogen) atoms. The van der Waals surface area contributed by atoms with Crippen LogP contribution in [-0.2, 0) is 5.41 Å². The Morgan fingerprint density at radius 1 is 0.864 bits per heavy atom. The Morgan fingerprint density at radius 3 is 1.98 bits per heavy atom. The van der Waals surface area contributed by atoms with Crippen LogP contribution in [0.5, 0.6) is 0 Å². The third-order valence-corrected chi connectivity index (χ3v) is 8.81. The Hall–Kier alpha value is -4.02. The van der Waals surface area contributed by atoms with Crippen LogP contribution in [0.1, 0.15) is 94.4 Å². The molecule has 1 aliphatic rings. The predicted octanol–water partition coefficient (Wildman–Crippen LogP) is 12.3. The van der Waals surface area contributed by atoms with Gasteiger partial charge in [-0.3, -0.25) is 0 Å². The Kier molecular flexibility index (Phi) is 13.1. The zero-order valence-electron chi connectivity index (χ0n) is 27.9. The van der Waals surface area contributed by atoms with E-state index in [4.69, 9.17) is 6.42 Å². The van der Waals surface area contributed by atoms with Gasteiger partial charge in [-0.2, -0.15) is 0 Å². The fraction of sp³-hybridized carbons (Fsp3) is 0.349. The molecular weight excluding hydrogens is 530 g/mol. The number of nitrogens with one attached hydrogen (secondary N) is 1. The van der Waals surface area contributed by atoms with Crippen LogP contribution >= 0.6 is 0 Å². The van der Waals surface area contributed by atoms with Crippen molar-refractivity contribution >= 4 is 5.69 Å². The summed E-state index contributed by atoms with van der Waals surface area (Å²) in [6.07, 6.45) is 18.7. The maximum Gasteiger partial charge on any atom is 0.0386 e. The number of benzene rings is 3. The van der Waals surface area contributed by atoms with Crippen LogP contribution in [0.25, 0.3) is 11.1 Å². The lowest BCUT2D eigenvalue weighted by atomic mass is 9.70. The number of rotatable bonds is 13. The summed E-state index contributed by atoms with van der Waals surface area (Å²) in [7, 11) is 0. The minimum atomic E-state index is 0.163.